The number of aromatic nitrogens is 1. The molecule has 18 heavy (non-hydrogen) atoms. The van der Waals surface area contributed by atoms with E-state index in [0.717, 1.165) is 19.5 Å². The molecule has 1 amide bonds. The number of carbonyl (C=O) groups is 1. The number of carbonyl (C=O) groups excluding carboxylic acids is 1. The zero-order valence-electron chi connectivity index (χ0n) is 11.6. The van der Waals surface area contributed by atoms with Crippen molar-refractivity contribution in [2.24, 2.45) is 0 Å². The lowest BCUT2D eigenvalue weighted by Gasteiger charge is -2.27. The predicted molar refractivity (Wildman–Crippen MR) is 73.9 cm³/mol. The average Bonchev–Trinajstić information content (AvgIpc) is 2.70. The lowest BCUT2D eigenvalue weighted by atomic mass is 10.1. The minimum Gasteiger partial charge on any atom is -0.336 e. The largest absolute Gasteiger partial charge is 0.336 e. The van der Waals surface area contributed by atoms with E-state index in [4.69, 9.17) is 0 Å². The fourth-order valence-electron chi connectivity index (χ4n) is 2.05. The van der Waals surface area contributed by atoms with E-state index in [-0.39, 0.29) is 5.91 Å². The SMILES string of the molecule is CC(C)c1nc2c(s1)CN(C(=O)CN(C)C)CC2. The van der Waals surface area contributed by atoms with Crippen molar-refractivity contribution in [2.45, 2.75) is 32.7 Å². The molecule has 0 saturated carbocycles. The van der Waals surface area contributed by atoms with Gasteiger partial charge in [0.05, 0.1) is 23.8 Å². The molecular formula is C13H21N3OS. The van der Waals surface area contributed by atoms with Crippen LogP contribution in [-0.2, 0) is 17.8 Å². The number of fused-ring (bicyclic) bond motifs is 1. The molecule has 0 saturated heterocycles. The zero-order valence-corrected chi connectivity index (χ0v) is 12.4. The van der Waals surface area contributed by atoms with Crippen LogP contribution in [0.3, 0.4) is 0 Å². The van der Waals surface area contributed by atoms with Gasteiger partial charge in [-0.3, -0.25) is 4.79 Å². The second-order valence-corrected chi connectivity index (χ2v) is 6.49. The Bertz CT molecular complexity index is 439. The van der Waals surface area contributed by atoms with Crippen LogP contribution in [-0.4, -0.2) is 47.9 Å². The van der Waals surface area contributed by atoms with Gasteiger partial charge in [-0.15, -0.1) is 11.3 Å². The number of hydrogen-bond acceptors (Lipinski definition) is 4. The molecule has 0 N–H and O–H groups in total. The Kier molecular flexibility index (Phi) is 4.02. The first-order chi connectivity index (χ1) is 8.47. The maximum Gasteiger partial charge on any atom is 0.237 e. The second kappa shape index (κ2) is 5.36. The summed E-state index contributed by atoms with van der Waals surface area (Å²) in [7, 11) is 3.85. The quantitative estimate of drug-likeness (QED) is 0.836. The lowest BCUT2D eigenvalue weighted by molar-refractivity contribution is -0.132. The maximum atomic E-state index is 12.0. The van der Waals surface area contributed by atoms with E-state index in [1.165, 1.54) is 15.6 Å². The summed E-state index contributed by atoms with van der Waals surface area (Å²) in [6, 6.07) is 0. The maximum absolute atomic E-state index is 12.0. The standard InChI is InChI=1S/C13H21N3OS/c1-9(2)13-14-10-5-6-16(7-11(10)18-13)12(17)8-15(3)4/h9H,5-8H2,1-4H3. The van der Waals surface area contributed by atoms with Gasteiger partial charge >= 0.3 is 0 Å². The van der Waals surface area contributed by atoms with Crippen molar-refractivity contribution in [3.05, 3.63) is 15.6 Å². The third kappa shape index (κ3) is 2.90. The van der Waals surface area contributed by atoms with Crippen LogP contribution in [0.4, 0.5) is 0 Å². The van der Waals surface area contributed by atoms with Gasteiger partial charge in [-0.2, -0.15) is 0 Å². The highest BCUT2D eigenvalue weighted by molar-refractivity contribution is 7.11. The van der Waals surface area contributed by atoms with Gasteiger partial charge in [-0.05, 0) is 14.1 Å². The summed E-state index contributed by atoms with van der Waals surface area (Å²) in [6.07, 6.45) is 0.901. The molecule has 2 rings (SSSR count). The van der Waals surface area contributed by atoms with E-state index in [2.05, 4.69) is 18.8 Å². The smallest absolute Gasteiger partial charge is 0.237 e. The van der Waals surface area contributed by atoms with Crippen molar-refractivity contribution in [1.29, 1.82) is 0 Å². The fraction of sp³-hybridized carbons (Fsp3) is 0.692. The van der Waals surface area contributed by atoms with Gasteiger partial charge in [0.1, 0.15) is 0 Å². The monoisotopic (exact) mass is 267 g/mol. The van der Waals surface area contributed by atoms with Gasteiger partial charge in [0.25, 0.3) is 0 Å². The fourth-order valence-corrected chi connectivity index (χ4v) is 3.18. The van der Waals surface area contributed by atoms with Crippen LogP contribution in [0, 0.1) is 0 Å². The molecule has 5 heteroatoms. The molecule has 0 fully saturated rings. The van der Waals surface area contributed by atoms with Crippen LogP contribution in [0.15, 0.2) is 0 Å². The number of hydrogen-bond donors (Lipinski definition) is 0. The average molecular weight is 267 g/mol. The van der Waals surface area contributed by atoms with Crippen molar-refractivity contribution in [2.75, 3.05) is 27.2 Å². The first kappa shape index (κ1) is 13.5. The Morgan fingerprint density at radius 1 is 1.50 bits per heavy atom. The summed E-state index contributed by atoms with van der Waals surface area (Å²) >= 11 is 1.76. The number of nitrogens with zero attached hydrogens (tertiary/aromatic N) is 3. The molecule has 0 unspecified atom stereocenters. The number of amides is 1. The Morgan fingerprint density at radius 3 is 2.83 bits per heavy atom. The third-order valence-corrected chi connectivity index (χ3v) is 4.43. The highest BCUT2D eigenvalue weighted by Crippen LogP contribution is 2.29. The summed E-state index contributed by atoms with van der Waals surface area (Å²) in [5, 5.41) is 1.20. The van der Waals surface area contributed by atoms with Crippen LogP contribution < -0.4 is 0 Å². The Morgan fingerprint density at radius 2 is 2.22 bits per heavy atom. The lowest BCUT2D eigenvalue weighted by Crippen LogP contribution is -2.40. The van der Waals surface area contributed by atoms with Gasteiger partial charge in [-0.25, -0.2) is 4.98 Å². The molecule has 1 aromatic rings. The normalized spacial score (nSPS) is 15.3. The van der Waals surface area contributed by atoms with Gasteiger partial charge in [0, 0.05) is 23.8 Å². The summed E-state index contributed by atoms with van der Waals surface area (Å²) in [6.45, 7) is 6.37. The van der Waals surface area contributed by atoms with Crippen LogP contribution >= 0.6 is 11.3 Å². The van der Waals surface area contributed by atoms with Crippen LogP contribution in [0.5, 0.6) is 0 Å². The van der Waals surface area contributed by atoms with Crippen LogP contribution in [0.1, 0.15) is 35.3 Å². The molecular weight excluding hydrogens is 246 g/mol. The van der Waals surface area contributed by atoms with E-state index in [0.29, 0.717) is 12.5 Å². The highest BCUT2D eigenvalue weighted by Gasteiger charge is 2.24. The summed E-state index contributed by atoms with van der Waals surface area (Å²) in [5.74, 6) is 0.691. The zero-order chi connectivity index (χ0) is 13.3. The molecule has 0 radical (unpaired) electrons. The molecule has 0 aromatic carbocycles. The first-order valence-corrected chi connectivity index (χ1v) is 7.20. The molecule has 4 nitrogen and oxygen atoms in total. The summed E-state index contributed by atoms with van der Waals surface area (Å²) in [4.78, 5) is 21.8. The van der Waals surface area contributed by atoms with E-state index >= 15 is 0 Å². The highest BCUT2D eigenvalue weighted by atomic mass is 32.1. The molecule has 1 aliphatic heterocycles. The molecule has 2 heterocycles. The number of rotatable bonds is 3. The van der Waals surface area contributed by atoms with Crippen molar-refractivity contribution >= 4 is 17.2 Å². The Balaban J connectivity index is 2.07. The van der Waals surface area contributed by atoms with Crippen LogP contribution in [0.2, 0.25) is 0 Å². The van der Waals surface area contributed by atoms with Crippen molar-refractivity contribution in [3.8, 4) is 0 Å². The minimum absolute atomic E-state index is 0.213. The van der Waals surface area contributed by atoms with Crippen molar-refractivity contribution < 1.29 is 4.79 Å². The molecule has 0 aliphatic carbocycles. The summed E-state index contributed by atoms with van der Waals surface area (Å²) in [5.41, 5.74) is 1.21. The van der Waals surface area contributed by atoms with Gasteiger partial charge in [0.2, 0.25) is 5.91 Å². The van der Waals surface area contributed by atoms with Crippen molar-refractivity contribution in [3.63, 3.8) is 0 Å². The molecule has 1 aliphatic rings. The third-order valence-electron chi connectivity index (χ3n) is 3.05. The van der Waals surface area contributed by atoms with E-state index < -0.39 is 0 Å². The van der Waals surface area contributed by atoms with Crippen molar-refractivity contribution in [1.82, 2.24) is 14.8 Å². The molecule has 0 spiro atoms. The molecule has 0 bridgehead atoms. The Hall–Kier alpha value is -0.940. The van der Waals surface area contributed by atoms with Gasteiger partial charge in [0.15, 0.2) is 0 Å². The molecule has 100 valence electrons. The van der Waals surface area contributed by atoms with Gasteiger partial charge in [-0.1, -0.05) is 13.8 Å². The van der Waals surface area contributed by atoms with Crippen LogP contribution in [0.25, 0.3) is 0 Å². The topological polar surface area (TPSA) is 36.4 Å². The predicted octanol–water partition coefficient (Wildman–Crippen LogP) is 1.71. The molecule has 1 aromatic heterocycles. The minimum atomic E-state index is 0.213. The Labute approximate surface area is 113 Å². The first-order valence-electron chi connectivity index (χ1n) is 6.38. The van der Waals surface area contributed by atoms with E-state index in [9.17, 15) is 4.79 Å². The van der Waals surface area contributed by atoms with E-state index in [1.54, 1.807) is 11.3 Å². The molecule has 0 atom stereocenters. The number of likely N-dealkylation sites (N-methyl/N-ethyl adjacent to an activating group) is 1. The second-order valence-electron chi connectivity index (χ2n) is 5.38. The number of thiazole rings is 1. The van der Waals surface area contributed by atoms with Gasteiger partial charge < -0.3 is 9.80 Å². The van der Waals surface area contributed by atoms with E-state index in [1.807, 2.05) is 23.9 Å². The summed E-state index contributed by atoms with van der Waals surface area (Å²) < 4.78 is 0.